The molecule has 0 unspecified atom stereocenters. The van der Waals surface area contributed by atoms with Crippen molar-refractivity contribution in [2.75, 3.05) is 5.21 Å². The zero-order valence-corrected chi connectivity index (χ0v) is 9.35. The lowest BCUT2D eigenvalue weighted by atomic mass is 10.1. The van der Waals surface area contributed by atoms with Crippen molar-refractivity contribution in [3.8, 4) is 0 Å². The summed E-state index contributed by atoms with van der Waals surface area (Å²) in [7, 11) is -3.35. The molecule has 0 aliphatic heterocycles. The van der Waals surface area contributed by atoms with Crippen LogP contribution in [0, 0.1) is 0 Å². The van der Waals surface area contributed by atoms with E-state index in [0.29, 0.717) is 0 Å². The van der Waals surface area contributed by atoms with Gasteiger partial charge in [0.1, 0.15) is 5.21 Å². The van der Waals surface area contributed by atoms with Gasteiger partial charge in [-0.2, -0.15) is 0 Å². The summed E-state index contributed by atoms with van der Waals surface area (Å²) in [5, 5.41) is -0.413. The number of alkyl halides is 1. The Morgan fingerprint density at radius 1 is 1.36 bits per heavy atom. The second-order valence-electron chi connectivity index (χ2n) is 2.97. The van der Waals surface area contributed by atoms with Crippen molar-refractivity contribution < 1.29 is 8.42 Å². The molecule has 0 saturated heterocycles. The van der Waals surface area contributed by atoms with Crippen LogP contribution in [0.3, 0.4) is 0 Å². The van der Waals surface area contributed by atoms with E-state index in [-0.39, 0.29) is 6.04 Å². The third kappa shape index (κ3) is 3.29. The zero-order valence-electron chi connectivity index (χ0n) is 7.77. The Hall–Kier alpha value is -0.580. The highest BCUT2D eigenvalue weighted by Gasteiger charge is 2.13. The number of hydrogen-bond donors (Lipinski definition) is 1. The van der Waals surface area contributed by atoms with Crippen molar-refractivity contribution in [2.45, 2.75) is 13.0 Å². The fourth-order valence-electron chi connectivity index (χ4n) is 1.11. The fraction of sp³-hybridized carbons (Fsp3) is 0.333. The largest absolute Gasteiger partial charge is 0.226 e. The molecule has 78 valence electrons. The summed E-state index contributed by atoms with van der Waals surface area (Å²) in [5.41, 5.74) is 0.918. The Labute approximate surface area is 89.1 Å². The van der Waals surface area contributed by atoms with Crippen LogP contribution in [0.2, 0.25) is 0 Å². The lowest BCUT2D eigenvalue weighted by molar-refractivity contribution is 0.571. The zero-order chi connectivity index (χ0) is 10.6. The van der Waals surface area contributed by atoms with E-state index >= 15 is 0 Å². The predicted molar refractivity (Wildman–Crippen MR) is 57.6 cm³/mol. The van der Waals surface area contributed by atoms with E-state index in [4.69, 9.17) is 11.6 Å². The predicted octanol–water partition coefficient (Wildman–Crippen LogP) is 1.86. The third-order valence-electron chi connectivity index (χ3n) is 1.80. The van der Waals surface area contributed by atoms with Gasteiger partial charge in [0.25, 0.3) is 0 Å². The average molecular weight is 234 g/mol. The van der Waals surface area contributed by atoms with Crippen molar-refractivity contribution in [3.05, 3.63) is 35.9 Å². The van der Waals surface area contributed by atoms with E-state index in [1.54, 1.807) is 6.92 Å². The molecule has 0 amide bonds. The highest BCUT2D eigenvalue weighted by atomic mass is 35.5. The van der Waals surface area contributed by atoms with Crippen LogP contribution in [0.25, 0.3) is 0 Å². The van der Waals surface area contributed by atoms with Crippen LogP contribution in [0.5, 0.6) is 0 Å². The van der Waals surface area contributed by atoms with Gasteiger partial charge in [0.05, 0.1) is 0 Å². The van der Waals surface area contributed by atoms with Gasteiger partial charge in [-0.3, -0.25) is 0 Å². The Balaban J connectivity index is 2.74. The summed E-state index contributed by atoms with van der Waals surface area (Å²) in [6.45, 7) is 1.78. The summed E-state index contributed by atoms with van der Waals surface area (Å²) in [5.74, 6) is 0. The van der Waals surface area contributed by atoms with Gasteiger partial charge < -0.3 is 0 Å². The van der Waals surface area contributed by atoms with Crippen LogP contribution in [0.1, 0.15) is 18.5 Å². The molecular weight excluding hydrogens is 222 g/mol. The van der Waals surface area contributed by atoms with Crippen LogP contribution in [-0.2, 0) is 10.0 Å². The van der Waals surface area contributed by atoms with Crippen molar-refractivity contribution in [1.29, 1.82) is 0 Å². The van der Waals surface area contributed by atoms with E-state index in [1.165, 1.54) is 0 Å². The number of halogens is 1. The second-order valence-corrected chi connectivity index (χ2v) is 5.31. The van der Waals surface area contributed by atoms with E-state index in [0.717, 1.165) is 5.56 Å². The van der Waals surface area contributed by atoms with Gasteiger partial charge >= 0.3 is 0 Å². The molecule has 0 aromatic heterocycles. The van der Waals surface area contributed by atoms with Gasteiger partial charge in [-0.1, -0.05) is 30.3 Å². The lowest BCUT2D eigenvalue weighted by Gasteiger charge is -2.12. The molecule has 0 bridgehead atoms. The fourth-order valence-corrected chi connectivity index (χ4v) is 2.04. The topological polar surface area (TPSA) is 46.2 Å². The molecule has 0 radical (unpaired) electrons. The van der Waals surface area contributed by atoms with Crippen molar-refractivity contribution in [2.24, 2.45) is 0 Å². The van der Waals surface area contributed by atoms with Gasteiger partial charge in [0.15, 0.2) is 0 Å². The normalized spacial score (nSPS) is 13.9. The second kappa shape index (κ2) is 4.77. The summed E-state index contributed by atoms with van der Waals surface area (Å²) < 4.78 is 24.7. The minimum absolute atomic E-state index is 0.250. The Kier molecular flexibility index (Phi) is 3.92. The van der Waals surface area contributed by atoms with Crippen LogP contribution >= 0.6 is 11.6 Å². The van der Waals surface area contributed by atoms with Crippen LogP contribution in [0.4, 0.5) is 0 Å². The molecule has 3 nitrogen and oxygen atoms in total. The first-order valence-corrected chi connectivity index (χ1v) is 6.35. The molecule has 0 fully saturated rings. The smallest absolute Gasteiger partial charge is 0.211 e. The molecule has 0 spiro atoms. The molecule has 0 aliphatic rings. The molecule has 1 atom stereocenters. The molecule has 1 aromatic carbocycles. The number of sulfonamides is 1. The van der Waals surface area contributed by atoms with Gasteiger partial charge in [-0.25, -0.2) is 13.1 Å². The SMILES string of the molecule is C[C@@H](NS(=O)(=O)CCl)c1ccccc1. The van der Waals surface area contributed by atoms with E-state index in [1.807, 2.05) is 30.3 Å². The molecular formula is C9H12ClNO2S. The molecule has 1 rings (SSSR count). The number of hydrogen-bond acceptors (Lipinski definition) is 2. The highest BCUT2D eigenvalue weighted by molar-refractivity contribution is 7.90. The summed E-state index contributed by atoms with van der Waals surface area (Å²) >= 11 is 5.27. The summed E-state index contributed by atoms with van der Waals surface area (Å²) in [6, 6.07) is 9.08. The number of rotatable bonds is 4. The summed E-state index contributed by atoms with van der Waals surface area (Å²) in [4.78, 5) is 0. The third-order valence-corrected chi connectivity index (χ3v) is 3.66. The van der Waals surface area contributed by atoms with Crippen molar-refractivity contribution >= 4 is 21.6 Å². The van der Waals surface area contributed by atoms with Crippen molar-refractivity contribution in [3.63, 3.8) is 0 Å². The first kappa shape index (κ1) is 11.5. The van der Waals surface area contributed by atoms with Gasteiger partial charge in [0, 0.05) is 6.04 Å². The quantitative estimate of drug-likeness (QED) is 0.807. The average Bonchev–Trinajstić information content (AvgIpc) is 2.19. The maximum atomic E-state index is 11.1. The first-order valence-electron chi connectivity index (χ1n) is 4.16. The van der Waals surface area contributed by atoms with Gasteiger partial charge in [-0.05, 0) is 12.5 Å². The molecule has 0 saturated carbocycles. The lowest BCUT2D eigenvalue weighted by Crippen LogP contribution is -2.27. The first-order chi connectivity index (χ1) is 6.55. The minimum Gasteiger partial charge on any atom is -0.211 e. The Bertz CT molecular complexity index is 377. The number of benzene rings is 1. The maximum Gasteiger partial charge on any atom is 0.226 e. The van der Waals surface area contributed by atoms with E-state index < -0.39 is 15.2 Å². The Morgan fingerprint density at radius 2 is 1.93 bits per heavy atom. The molecule has 1 N–H and O–H groups in total. The highest BCUT2D eigenvalue weighted by Crippen LogP contribution is 2.12. The van der Waals surface area contributed by atoms with Gasteiger partial charge in [0.2, 0.25) is 10.0 Å². The monoisotopic (exact) mass is 233 g/mol. The van der Waals surface area contributed by atoms with Crippen LogP contribution in [0.15, 0.2) is 30.3 Å². The van der Waals surface area contributed by atoms with E-state index in [9.17, 15) is 8.42 Å². The minimum atomic E-state index is -3.35. The van der Waals surface area contributed by atoms with Crippen molar-refractivity contribution in [1.82, 2.24) is 4.72 Å². The maximum absolute atomic E-state index is 11.1. The Morgan fingerprint density at radius 3 is 2.43 bits per heavy atom. The molecule has 0 heterocycles. The molecule has 5 heteroatoms. The molecule has 0 aliphatic carbocycles. The van der Waals surface area contributed by atoms with E-state index in [2.05, 4.69) is 4.72 Å². The summed E-state index contributed by atoms with van der Waals surface area (Å²) in [6.07, 6.45) is 0. The van der Waals surface area contributed by atoms with Gasteiger partial charge in [-0.15, -0.1) is 11.6 Å². The molecule has 1 aromatic rings. The van der Waals surface area contributed by atoms with Crippen LogP contribution in [-0.4, -0.2) is 13.6 Å². The van der Waals surface area contributed by atoms with Crippen LogP contribution < -0.4 is 4.72 Å². The standard InChI is InChI=1S/C9H12ClNO2S/c1-8(11-14(12,13)7-10)9-5-3-2-4-6-9/h2-6,8,11H,7H2,1H3/t8-/m1/s1. The number of nitrogens with one attached hydrogen (secondary N) is 1. The molecule has 14 heavy (non-hydrogen) atoms.